The van der Waals surface area contributed by atoms with E-state index >= 15 is 0 Å². The van der Waals surface area contributed by atoms with Crippen LogP contribution in [-0.2, 0) is 20.8 Å². The number of rotatable bonds is 8. The molecule has 0 fully saturated rings. The van der Waals surface area contributed by atoms with Gasteiger partial charge in [-0.2, -0.15) is 0 Å². The summed E-state index contributed by atoms with van der Waals surface area (Å²) in [5, 5.41) is 14.6. The van der Waals surface area contributed by atoms with Gasteiger partial charge >= 0.3 is 29.6 Å². The number of aromatic nitrogens is 1. The SMILES string of the molecule is NC(=O)[C@@H](N)CCC(=O)N[C@@H](Cc1c[nH]c2ccccc12)C(=O)[O-].[Na+]. The van der Waals surface area contributed by atoms with E-state index < -0.39 is 29.9 Å². The summed E-state index contributed by atoms with van der Waals surface area (Å²) < 4.78 is 0. The van der Waals surface area contributed by atoms with Crippen LogP contribution in [0.1, 0.15) is 18.4 Å². The third kappa shape index (κ3) is 5.86. The number of hydrogen-bond acceptors (Lipinski definition) is 5. The molecule has 1 heterocycles. The maximum atomic E-state index is 11.9. The molecule has 8 nitrogen and oxygen atoms in total. The summed E-state index contributed by atoms with van der Waals surface area (Å²) in [6.45, 7) is 0. The number of nitrogens with one attached hydrogen (secondary N) is 2. The van der Waals surface area contributed by atoms with E-state index in [0.717, 1.165) is 16.5 Å². The Hall–Kier alpha value is -1.87. The molecule has 1 aromatic heterocycles. The molecule has 6 N–H and O–H groups in total. The molecule has 0 aliphatic carbocycles. The summed E-state index contributed by atoms with van der Waals surface area (Å²) in [7, 11) is 0. The van der Waals surface area contributed by atoms with E-state index in [1.807, 2.05) is 24.3 Å². The Morgan fingerprint density at radius 2 is 1.92 bits per heavy atom. The van der Waals surface area contributed by atoms with Crippen LogP contribution in [0.3, 0.4) is 0 Å². The van der Waals surface area contributed by atoms with Gasteiger partial charge < -0.3 is 31.7 Å². The summed E-state index contributed by atoms with van der Waals surface area (Å²) in [5.41, 5.74) is 12.1. The number of carbonyl (C=O) groups excluding carboxylic acids is 3. The van der Waals surface area contributed by atoms with Crippen molar-refractivity contribution in [2.75, 3.05) is 0 Å². The number of amides is 2. The van der Waals surface area contributed by atoms with Crippen LogP contribution in [0.15, 0.2) is 30.5 Å². The summed E-state index contributed by atoms with van der Waals surface area (Å²) in [6.07, 6.45) is 1.74. The van der Waals surface area contributed by atoms with Gasteiger partial charge in [-0.25, -0.2) is 0 Å². The maximum absolute atomic E-state index is 11.9. The Balaban J connectivity index is 0.00000312. The van der Waals surface area contributed by atoms with Gasteiger partial charge in [-0.05, 0) is 18.1 Å². The van der Waals surface area contributed by atoms with Gasteiger partial charge in [0, 0.05) is 29.9 Å². The largest absolute Gasteiger partial charge is 1.00 e. The number of carbonyl (C=O) groups is 3. The molecule has 0 saturated heterocycles. The second-order valence-electron chi connectivity index (χ2n) is 5.55. The van der Waals surface area contributed by atoms with Crippen molar-refractivity contribution in [3.63, 3.8) is 0 Å². The summed E-state index contributed by atoms with van der Waals surface area (Å²) in [4.78, 5) is 37.0. The Labute approximate surface area is 166 Å². The third-order valence-electron chi connectivity index (χ3n) is 3.77. The molecule has 0 spiro atoms. The second kappa shape index (κ2) is 9.57. The first kappa shape index (κ1) is 21.2. The molecule has 25 heavy (non-hydrogen) atoms. The summed E-state index contributed by atoms with van der Waals surface area (Å²) in [5.74, 6) is -2.62. The van der Waals surface area contributed by atoms with Crippen LogP contribution in [-0.4, -0.2) is 34.9 Å². The van der Waals surface area contributed by atoms with E-state index in [1.54, 1.807) is 6.20 Å². The van der Waals surface area contributed by atoms with Crippen molar-refractivity contribution in [1.82, 2.24) is 10.3 Å². The van der Waals surface area contributed by atoms with Gasteiger partial charge in [-0.15, -0.1) is 0 Å². The minimum atomic E-state index is -1.38. The van der Waals surface area contributed by atoms with Crippen LogP contribution < -0.4 is 51.4 Å². The Morgan fingerprint density at radius 1 is 1.24 bits per heavy atom. The van der Waals surface area contributed by atoms with Crippen molar-refractivity contribution in [2.24, 2.45) is 11.5 Å². The first-order chi connectivity index (χ1) is 11.4. The molecule has 2 atom stereocenters. The molecule has 0 radical (unpaired) electrons. The molecule has 9 heteroatoms. The second-order valence-corrected chi connectivity index (χ2v) is 5.55. The van der Waals surface area contributed by atoms with Crippen LogP contribution in [0.5, 0.6) is 0 Å². The molecule has 0 saturated carbocycles. The van der Waals surface area contributed by atoms with Crippen molar-refractivity contribution < 1.29 is 49.0 Å². The number of nitrogens with two attached hydrogens (primary N) is 2. The molecule has 0 aliphatic rings. The number of aliphatic carboxylic acids is 1. The number of para-hydroxylation sites is 1. The quantitative estimate of drug-likeness (QED) is 0.352. The fourth-order valence-corrected chi connectivity index (χ4v) is 2.41. The molecule has 2 aromatic rings. The fourth-order valence-electron chi connectivity index (χ4n) is 2.41. The number of aromatic amines is 1. The standard InChI is InChI=1S/C16H20N4O4.Na/c17-11(15(18)22)5-6-14(21)20-13(16(23)24)7-9-8-19-12-4-2-1-3-10(9)12;/h1-4,8,11,13,19H,5-7,17H2,(H2,18,22)(H,20,21)(H,23,24);/q;+1/p-1/t11-,13-;/m0./s1. The molecule has 0 unspecified atom stereocenters. The smallest absolute Gasteiger partial charge is 0.548 e. The van der Waals surface area contributed by atoms with E-state index in [0.29, 0.717) is 0 Å². The Morgan fingerprint density at radius 3 is 2.56 bits per heavy atom. The minimum Gasteiger partial charge on any atom is -0.548 e. The van der Waals surface area contributed by atoms with Gasteiger partial charge in [0.1, 0.15) is 0 Å². The zero-order chi connectivity index (χ0) is 17.7. The van der Waals surface area contributed by atoms with Crippen LogP contribution in [0, 0.1) is 0 Å². The molecule has 2 amide bonds. The molecular formula is C16H19N4NaO4. The van der Waals surface area contributed by atoms with Gasteiger partial charge in [0.05, 0.1) is 18.1 Å². The van der Waals surface area contributed by atoms with E-state index in [1.165, 1.54) is 0 Å². The number of benzene rings is 1. The zero-order valence-electron chi connectivity index (χ0n) is 14.0. The van der Waals surface area contributed by atoms with Gasteiger partial charge in [0.25, 0.3) is 0 Å². The molecule has 128 valence electrons. The molecular weight excluding hydrogens is 335 g/mol. The Bertz CT molecular complexity index is 761. The molecule has 0 aliphatic heterocycles. The molecule has 1 aromatic carbocycles. The van der Waals surface area contributed by atoms with Crippen LogP contribution in [0.25, 0.3) is 10.9 Å². The number of hydrogen-bond donors (Lipinski definition) is 4. The number of carboxylic acids is 1. The van der Waals surface area contributed by atoms with E-state index in [-0.39, 0.29) is 48.8 Å². The molecule has 0 bridgehead atoms. The Kier molecular flexibility index (Phi) is 8.11. The van der Waals surface area contributed by atoms with E-state index in [9.17, 15) is 19.5 Å². The average molecular weight is 354 g/mol. The van der Waals surface area contributed by atoms with Crippen molar-refractivity contribution in [3.8, 4) is 0 Å². The van der Waals surface area contributed by atoms with Crippen molar-refractivity contribution >= 4 is 28.7 Å². The number of H-pyrrole nitrogens is 1. The normalized spacial score (nSPS) is 12.8. The predicted molar refractivity (Wildman–Crippen MR) is 85.3 cm³/mol. The van der Waals surface area contributed by atoms with Crippen molar-refractivity contribution in [3.05, 3.63) is 36.0 Å². The number of fused-ring (bicyclic) bond motifs is 1. The first-order valence-corrected chi connectivity index (χ1v) is 7.48. The van der Waals surface area contributed by atoms with Crippen LogP contribution >= 0.6 is 0 Å². The monoisotopic (exact) mass is 354 g/mol. The number of primary amides is 1. The van der Waals surface area contributed by atoms with E-state index in [2.05, 4.69) is 10.3 Å². The maximum Gasteiger partial charge on any atom is 1.00 e. The molecule has 2 rings (SSSR count). The topological polar surface area (TPSA) is 154 Å². The fraction of sp³-hybridized carbons (Fsp3) is 0.312. The third-order valence-corrected chi connectivity index (χ3v) is 3.77. The zero-order valence-corrected chi connectivity index (χ0v) is 16.0. The van der Waals surface area contributed by atoms with Crippen LogP contribution in [0.4, 0.5) is 0 Å². The first-order valence-electron chi connectivity index (χ1n) is 7.48. The van der Waals surface area contributed by atoms with Crippen molar-refractivity contribution in [1.29, 1.82) is 0 Å². The summed E-state index contributed by atoms with van der Waals surface area (Å²) >= 11 is 0. The van der Waals surface area contributed by atoms with Gasteiger partial charge in [0.2, 0.25) is 11.8 Å². The van der Waals surface area contributed by atoms with E-state index in [4.69, 9.17) is 11.5 Å². The summed E-state index contributed by atoms with van der Waals surface area (Å²) in [6, 6.07) is 5.32. The van der Waals surface area contributed by atoms with Gasteiger partial charge in [0.15, 0.2) is 0 Å². The predicted octanol–water partition coefficient (Wildman–Crippen LogP) is -4.46. The van der Waals surface area contributed by atoms with Crippen molar-refractivity contribution in [2.45, 2.75) is 31.3 Å². The van der Waals surface area contributed by atoms with Gasteiger partial charge in [-0.3, -0.25) is 9.59 Å². The average Bonchev–Trinajstić information content (AvgIpc) is 2.95. The van der Waals surface area contributed by atoms with Gasteiger partial charge in [-0.1, -0.05) is 18.2 Å². The number of carboxylic acid groups (broad SMARTS) is 1. The minimum absolute atomic E-state index is 0. The van der Waals surface area contributed by atoms with Crippen LogP contribution in [0.2, 0.25) is 0 Å².